The monoisotopic (exact) mass is 299 g/mol. The minimum absolute atomic E-state index is 0.0367. The normalized spacial score (nSPS) is 13.5. The third-order valence-electron chi connectivity index (χ3n) is 3.11. The lowest BCUT2D eigenvalue weighted by Gasteiger charge is -2.18. The van der Waals surface area contributed by atoms with Crippen molar-refractivity contribution >= 4 is 10.8 Å². The van der Waals surface area contributed by atoms with Crippen molar-refractivity contribution in [2.24, 2.45) is 5.84 Å². The maximum atomic E-state index is 12.0. The van der Waals surface area contributed by atoms with Gasteiger partial charge in [0, 0.05) is 30.4 Å². The molecule has 0 saturated heterocycles. The van der Waals surface area contributed by atoms with E-state index in [1.165, 1.54) is 0 Å². The molecule has 0 amide bonds. The molecule has 0 saturated carbocycles. The number of halogens is 3. The average Bonchev–Trinajstić information content (AvgIpc) is 2.46. The fourth-order valence-corrected chi connectivity index (χ4v) is 2.16. The van der Waals surface area contributed by atoms with Crippen molar-refractivity contribution in [1.82, 2.24) is 10.4 Å². The summed E-state index contributed by atoms with van der Waals surface area (Å²) in [4.78, 5) is 4.07. The first-order chi connectivity index (χ1) is 10.0. The Morgan fingerprint density at radius 3 is 2.81 bits per heavy atom. The molecule has 0 aliphatic rings. The number of rotatable bonds is 6. The van der Waals surface area contributed by atoms with Gasteiger partial charge < -0.3 is 4.74 Å². The Balaban J connectivity index is 2.06. The summed E-state index contributed by atoms with van der Waals surface area (Å²) in [7, 11) is 0. The number of hydrogen-bond donors (Lipinski definition) is 2. The van der Waals surface area contributed by atoms with Crippen LogP contribution in [0.3, 0.4) is 0 Å². The first-order valence-electron chi connectivity index (χ1n) is 6.44. The minimum Gasteiger partial charge on any atom is -0.372 e. The summed E-state index contributed by atoms with van der Waals surface area (Å²) in [6.07, 6.45) is -0.579. The zero-order valence-corrected chi connectivity index (χ0v) is 11.2. The van der Waals surface area contributed by atoms with Crippen LogP contribution in [-0.2, 0) is 4.74 Å². The Labute approximate surface area is 120 Å². The zero-order valence-electron chi connectivity index (χ0n) is 11.2. The fraction of sp³-hybridized carbons (Fsp3) is 0.357. The smallest absolute Gasteiger partial charge is 0.372 e. The van der Waals surface area contributed by atoms with Crippen molar-refractivity contribution in [1.29, 1.82) is 0 Å². The van der Waals surface area contributed by atoms with Crippen LogP contribution in [0.4, 0.5) is 13.2 Å². The lowest BCUT2D eigenvalue weighted by Crippen LogP contribution is -2.29. The Bertz CT molecular complexity index is 584. The number of ether oxygens (including phenoxy) is 1. The first kappa shape index (κ1) is 15.7. The van der Waals surface area contributed by atoms with Gasteiger partial charge in [-0.25, -0.2) is 0 Å². The van der Waals surface area contributed by atoms with Crippen LogP contribution in [-0.4, -0.2) is 24.4 Å². The lowest BCUT2D eigenvalue weighted by atomic mass is 9.99. The number of hydrogen-bond acceptors (Lipinski definition) is 4. The molecule has 1 aromatic carbocycles. The molecule has 0 bridgehead atoms. The van der Waals surface area contributed by atoms with Crippen LogP contribution < -0.4 is 11.3 Å². The highest BCUT2D eigenvalue weighted by molar-refractivity contribution is 5.85. The van der Waals surface area contributed by atoms with E-state index in [1.807, 2.05) is 24.3 Å². The number of aromatic nitrogens is 1. The van der Waals surface area contributed by atoms with Gasteiger partial charge in [0.1, 0.15) is 6.61 Å². The molecule has 1 atom stereocenters. The molecular weight excluding hydrogens is 283 g/mol. The number of alkyl halides is 3. The molecule has 1 heterocycles. The van der Waals surface area contributed by atoms with Crippen molar-refractivity contribution in [3.63, 3.8) is 0 Å². The second kappa shape index (κ2) is 6.84. The maximum absolute atomic E-state index is 12.0. The molecule has 0 fully saturated rings. The molecule has 4 nitrogen and oxygen atoms in total. The number of hydrazine groups is 1. The first-order valence-corrected chi connectivity index (χ1v) is 6.44. The van der Waals surface area contributed by atoms with E-state index in [9.17, 15) is 13.2 Å². The van der Waals surface area contributed by atoms with Gasteiger partial charge in [-0.2, -0.15) is 13.2 Å². The second-order valence-corrected chi connectivity index (χ2v) is 4.62. The molecule has 1 unspecified atom stereocenters. The Hall–Kier alpha value is -1.70. The van der Waals surface area contributed by atoms with Crippen LogP contribution in [0.5, 0.6) is 0 Å². The van der Waals surface area contributed by atoms with Crippen LogP contribution >= 0.6 is 0 Å². The molecule has 3 N–H and O–H groups in total. The Morgan fingerprint density at radius 2 is 2.10 bits per heavy atom. The van der Waals surface area contributed by atoms with Crippen LogP contribution in [0.25, 0.3) is 10.8 Å². The largest absolute Gasteiger partial charge is 0.411 e. The summed E-state index contributed by atoms with van der Waals surface area (Å²) in [5.41, 5.74) is 3.51. The number of nitrogens with zero attached hydrogens (tertiary/aromatic N) is 1. The van der Waals surface area contributed by atoms with E-state index in [0.29, 0.717) is 6.42 Å². The van der Waals surface area contributed by atoms with Crippen molar-refractivity contribution in [3.05, 3.63) is 42.2 Å². The molecule has 2 aromatic rings. The summed E-state index contributed by atoms with van der Waals surface area (Å²) in [5, 5.41) is 1.91. The lowest BCUT2D eigenvalue weighted by molar-refractivity contribution is -0.174. The third kappa shape index (κ3) is 4.38. The van der Waals surface area contributed by atoms with Crippen LogP contribution in [0.2, 0.25) is 0 Å². The predicted molar refractivity (Wildman–Crippen MR) is 73.3 cm³/mol. The summed E-state index contributed by atoms with van der Waals surface area (Å²) >= 11 is 0. The molecule has 0 spiro atoms. The Kier molecular flexibility index (Phi) is 5.11. The van der Waals surface area contributed by atoms with Gasteiger partial charge in [0.2, 0.25) is 0 Å². The molecule has 1 aromatic heterocycles. The zero-order chi connectivity index (χ0) is 15.3. The maximum Gasteiger partial charge on any atom is 0.411 e. The molecule has 114 valence electrons. The average molecular weight is 299 g/mol. The minimum atomic E-state index is -4.31. The second-order valence-electron chi connectivity index (χ2n) is 4.62. The predicted octanol–water partition coefficient (Wildman–Crippen LogP) is 2.71. The van der Waals surface area contributed by atoms with E-state index < -0.39 is 12.8 Å². The molecular formula is C14H16F3N3O. The van der Waals surface area contributed by atoms with Gasteiger partial charge in [0.25, 0.3) is 0 Å². The van der Waals surface area contributed by atoms with Crippen LogP contribution in [0, 0.1) is 0 Å². The molecule has 0 aliphatic heterocycles. The highest BCUT2D eigenvalue weighted by Crippen LogP contribution is 2.25. The highest BCUT2D eigenvalue weighted by Gasteiger charge is 2.27. The number of benzene rings is 1. The van der Waals surface area contributed by atoms with Gasteiger partial charge >= 0.3 is 6.18 Å². The molecule has 2 rings (SSSR count). The molecule has 21 heavy (non-hydrogen) atoms. The van der Waals surface area contributed by atoms with Crippen molar-refractivity contribution < 1.29 is 17.9 Å². The molecule has 0 aliphatic carbocycles. The van der Waals surface area contributed by atoms with E-state index in [0.717, 1.165) is 16.3 Å². The van der Waals surface area contributed by atoms with E-state index >= 15 is 0 Å². The van der Waals surface area contributed by atoms with Crippen molar-refractivity contribution in [2.45, 2.75) is 18.6 Å². The van der Waals surface area contributed by atoms with E-state index in [1.54, 1.807) is 12.4 Å². The third-order valence-corrected chi connectivity index (χ3v) is 3.11. The van der Waals surface area contributed by atoms with Gasteiger partial charge in [0.05, 0.1) is 0 Å². The van der Waals surface area contributed by atoms with Gasteiger partial charge in [-0.3, -0.25) is 16.3 Å². The fourth-order valence-electron chi connectivity index (χ4n) is 2.16. The SMILES string of the molecule is NNC(CCOCC(F)(F)F)c1cccc2ccncc12. The number of nitrogens with one attached hydrogen (secondary N) is 1. The van der Waals surface area contributed by atoms with E-state index in [-0.39, 0.29) is 12.6 Å². The summed E-state index contributed by atoms with van der Waals surface area (Å²) in [5.74, 6) is 5.52. The van der Waals surface area contributed by atoms with E-state index in [2.05, 4.69) is 15.1 Å². The molecule has 0 radical (unpaired) electrons. The Morgan fingerprint density at radius 1 is 1.29 bits per heavy atom. The van der Waals surface area contributed by atoms with Crippen LogP contribution in [0.15, 0.2) is 36.7 Å². The van der Waals surface area contributed by atoms with E-state index in [4.69, 9.17) is 5.84 Å². The standard InChI is InChI=1S/C14H16F3N3O/c15-14(16,17)9-21-7-5-13(20-18)11-3-1-2-10-4-6-19-8-12(10)11/h1-4,6,8,13,20H,5,7,9,18H2. The number of nitrogens with two attached hydrogens (primary N) is 1. The quantitative estimate of drug-likeness (QED) is 0.489. The van der Waals surface area contributed by atoms with Gasteiger partial charge in [0.15, 0.2) is 0 Å². The van der Waals surface area contributed by atoms with Crippen molar-refractivity contribution in [2.75, 3.05) is 13.2 Å². The summed E-state index contributed by atoms with van der Waals surface area (Å²) in [6.45, 7) is -1.29. The highest BCUT2D eigenvalue weighted by atomic mass is 19.4. The van der Waals surface area contributed by atoms with Gasteiger partial charge in [-0.15, -0.1) is 0 Å². The van der Waals surface area contributed by atoms with Gasteiger partial charge in [-0.05, 0) is 23.4 Å². The van der Waals surface area contributed by atoms with Gasteiger partial charge in [-0.1, -0.05) is 18.2 Å². The number of fused-ring (bicyclic) bond motifs is 1. The summed E-state index contributed by atoms with van der Waals surface area (Å²) < 4.78 is 40.7. The van der Waals surface area contributed by atoms with Crippen molar-refractivity contribution in [3.8, 4) is 0 Å². The number of pyridine rings is 1. The molecule has 7 heteroatoms. The van der Waals surface area contributed by atoms with Crippen LogP contribution in [0.1, 0.15) is 18.0 Å². The summed E-state index contributed by atoms with van der Waals surface area (Å²) in [6, 6.07) is 7.25. The topological polar surface area (TPSA) is 60.2 Å².